The minimum absolute atomic E-state index is 0.278. The summed E-state index contributed by atoms with van der Waals surface area (Å²) in [5, 5.41) is 3.11. The van der Waals surface area contributed by atoms with Gasteiger partial charge in [-0.3, -0.25) is 4.79 Å². The van der Waals surface area contributed by atoms with Crippen molar-refractivity contribution in [2.75, 3.05) is 13.1 Å². The first-order valence-corrected chi connectivity index (χ1v) is 6.21. The number of nitrogens with zero attached hydrogens (tertiary/aromatic N) is 1. The first-order chi connectivity index (χ1) is 7.16. The molecule has 3 heteroatoms. The van der Waals surface area contributed by atoms with E-state index in [4.69, 9.17) is 0 Å². The molecule has 0 radical (unpaired) electrons. The predicted molar refractivity (Wildman–Crippen MR) is 60.6 cm³/mol. The molecule has 0 aromatic rings. The van der Waals surface area contributed by atoms with Gasteiger partial charge in [-0.25, -0.2) is 0 Å². The second-order valence-electron chi connectivity index (χ2n) is 5.19. The molecule has 0 bridgehead atoms. The molecule has 1 aliphatic heterocycles. The molecule has 0 aromatic carbocycles. The summed E-state index contributed by atoms with van der Waals surface area (Å²) in [5.74, 6) is 0.585. The van der Waals surface area contributed by atoms with Crippen molar-refractivity contribution >= 4 is 5.91 Å². The zero-order chi connectivity index (χ0) is 10.8. The van der Waals surface area contributed by atoms with E-state index in [1.807, 2.05) is 0 Å². The molecular formula is C12H22N2O. The van der Waals surface area contributed by atoms with Crippen LogP contribution in [-0.4, -0.2) is 36.0 Å². The largest absolute Gasteiger partial charge is 0.353 e. The minimum Gasteiger partial charge on any atom is -0.353 e. The van der Waals surface area contributed by atoms with Crippen LogP contribution in [0, 0.1) is 5.92 Å². The summed E-state index contributed by atoms with van der Waals surface area (Å²) in [5.41, 5.74) is 0. The maximum absolute atomic E-state index is 11.8. The van der Waals surface area contributed by atoms with Gasteiger partial charge in [0, 0.05) is 18.0 Å². The fourth-order valence-corrected chi connectivity index (χ4v) is 2.22. The molecule has 1 saturated heterocycles. The van der Waals surface area contributed by atoms with E-state index in [2.05, 4.69) is 24.1 Å². The number of piperidine rings is 1. The van der Waals surface area contributed by atoms with Crippen molar-refractivity contribution < 1.29 is 4.79 Å². The zero-order valence-corrected chi connectivity index (χ0v) is 9.83. The van der Waals surface area contributed by atoms with Crippen molar-refractivity contribution in [3.8, 4) is 0 Å². The van der Waals surface area contributed by atoms with Gasteiger partial charge in [0.1, 0.15) is 0 Å². The van der Waals surface area contributed by atoms with Crippen LogP contribution >= 0.6 is 0 Å². The topological polar surface area (TPSA) is 32.3 Å². The van der Waals surface area contributed by atoms with Crippen molar-refractivity contribution in [2.24, 2.45) is 5.92 Å². The highest BCUT2D eigenvalue weighted by Gasteiger charge is 2.30. The Hall–Kier alpha value is -0.570. The van der Waals surface area contributed by atoms with Crippen molar-refractivity contribution in [1.29, 1.82) is 0 Å². The normalized spacial score (nSPS) is 24.5. The Morgan fingerprint density at radius 2 is 1.80 bits per heavy atom. The Morgan fingerprint density at radius 3 is 2.27 bits per heavy atom. The molecule has 2 aliphatic rings. The Morgan fingerprint density at radius 1 is 1.20 bits per heavy atom. The van der Waals surface area contributed by atoms with Crippen LogP contribution < -0.4 is 5.32 Å². The van der Waals surface area contributed by atoms with E-state index in [0.717, 1.165) is 25.9 Å². The van der Waals surface area contributed by atoms with Gasteiger partial charge in [-0.05, 0) is 52.6 Å². The predicted octanol–water partition coefficient (Wildman–Crippen LogP) is 1.39. The van der Waals surface area contributed by atoms with Gasteiger partial charge in [0.05, 0.1) is 0 Å². The zero-order valence-electron chi connectivity index (χ0n) is 9.83. The maximum Gasteiger partial charge on any atom is 0.223 e. The second kappa shape index (κ2) is 4.52. The summed E-state index contributed by atoms with van der Waals surface area (Å²) >= 11 is 0. The number of amides is 1. The third-order valence-electron chi connectivity index (χ3n) is 3.55. The number of carbonyl (C=O) groups excluding carboxylic acids is 1. The van der Waals surface area contributed by atoms with Crippen LogP contribution in [0.5, 0.6) is 0 Å². The quantitative estimate of drug-likeness (QED) is 0.763. The SMILES string of the molecule is CC(C)N1CCC(C(=O)NC2CC2)CC1. The smallest absolute Gasteiger partial charge is 0.223 e. The molecule has 15 heavy (non-hydrogen) atoms. The number of likely N-dealkylation sites (tertiary alicyclic amines) is 1. The average molecular weight is 210 g/mol. The van der Waals surface area contributed by atoms with E-state index in [1.165, 1.54) is 12.8 Å². The molecule has 3 nitrogen and oxygen atoms in total. The molecule has 0 spiro atoms. The van der Waals surface area contributed by atoms with Gasteiger partial charge < -0.3 is 10.2 Å². The van der Waals surface area contributed by atoms with E-state index in [-0.39, 0.29) is 5.92 Å². The van der Waals surface area contributed by atoms with Gasteiger partial charge in [0.25, 0.3) is 0 Å². The molecule has 1 N–H and O–H groups in total. The Bertz CT molecular complexity index is 228. The molecule has 2 rings (SSSR count). The van der Waals surface area contributed by atoms with Gasteiger partial charge in [0.15, 0.2) is 0 Å². The van der Waals surface area contributed by atoms with Crippen molar-refractivity contribution in [3.05, 3.63) is 0 Å². The first kappa shape index (κ1) is 10.9. The van der Waals surface area contributed by atoms with Crippen LogP contribution in [0.15, 0.2) is 0 Å². The molecule has 0 unspecified atom stereocenters. The highest BCUT2D eigenvalue weighted by atomic mass is 16.2. The number of hydrogen-bond donors (Lipinski definition) is 1. The van der Waals surface area contributed by atoms with E-state index >= 15 is 0 Å². The molecule has 1 amide bonds. The monoisotopic (exact) mass is 210 g/mol. The van der Waals surface area contributed by atoms with Gasteiger partial charge in [-0.1, -0.05) is 0 Å². The lowest BCUT2D eigenvalue weighted by Gasteiger charge is -2.33. The molecule has 1 aliphatic carbocycles. The Balaban J connectivity index is 1.74. The van der Waals surface area contributed by atoms with E-state index in [9.17, 15) is 4.79 Å². The van der Waals surface area contributed by atoms with Gasteiger partial charge >= 0.3 is 0 Å². The molecule has 0 aromatic heterocycles. The van der Waals surface area contributed by atoms with Crippen LogP contribution in [0.4, 0.5) is 0 Å². The van der Waals surface area contributed by atoms with Crippen LogP contribution in [0.3, 0.4) is 0 Å². The molecule has 0 atom stereocenters. The molecule has 1 saturated carbocycles. The summed E-state index contributed by atoms with van der Waals surface area (Å²) in [6.07, 6.45) is 4.46. The number of hydrogen-bond acceptors (Lipinski definition) is 2. The Kier molecular flexibility index (Phi) is 3.29. The molecule has 1 heterocycles. The average Bonchev–Trinajstić information content (AvgIpc) is 3.02. The minimum atomic E-state index is 0.278. The van der Waals surface area contributed by atoms with E-state index in [1.54, 1.807) is 0 Å². The summed E-state index contributed by atoms with van der Waals surface area (Å²) < 4.78 is 0. The summed E-state index contributed by atoms with van der Waals surface area (Å²) in [4.78, 5) is 14.3. The van der Waals surface area contributed by atoms with Crippen molar-refractivity contribution in [3.63, 3.8) is 0 Å². The summed E-state index contributed by atoms with van der Waals surface area (Å²) in [7, 11) is 0. The van der Waals surface area contributed by atoms with Gasteiger partial charge in [-0.2, -0.15) is 0 Å². The first-order valence-electron chi connectivity index (χ1n) is 6.21. The summed E-state index contributed by atoms with van der Waals surface area (Å²) in [6.45, 7) is 6.62. The highest BCUT2D eigenvalue weighted by molar-refractivity contribution is 5.79. The molecule has 2 fully saturated rings. The second-order valence-corrected chi connectivity index (χ2v) is 5.19. The van der Waals surface area contributed by atoms with E-state index < -0.39 is 0 Å². The number of nitrogens with one attached hydrogen (secondary N) is 1. The highest BCUT2D eigenvalue weighted by Crippen LogP contribution is 2.23. The third-order valence-corrected chi connectivity index (χ3v) is 3.55. The number of carbonyl (C=O) groups is 1. The lowest BCUT2D eigenvalue weighted by molar-refractivity contribution is -0.126. The lowest BCUT2D eigenvalue weighted by atomic mass is 9.95. The molecule has 86 valence electrons. The van der Waals surface area contributed by atoms with Crippen molar-refractivity contribution in [2.45, 2.75) is 51.6 Å². The Labute approximate surface area is 92.2 Å². The fraction of sp³-hybridized carbons (Fsp3) is 0.917. The summed E-state index contributed by atoms with van der Waals surface area (Å²) in [6, 6.07) is 1.14. The standard InChI is InChI=1S/C12H22N2O/c1-9(2)14-7-5-10(6-8-14)12(15)13-11-3-4-11/h9-11H,3-8H2,1-2H3,(H,13,15). The van der Waals surface area contributed by atoms with Gasteiger partial charge in [-0.15, -0.1) is 0 Å². The van der Waals surface area contributed by atoms with Crippen LogP contribution in [0.25, 0.3) is 0 Å². The van der Waals surface area contributed by atoms with Crippen LogP contribution in [0.2, 0.25) is 0 Å². The van der Waals surface area contributed by atoms with Crippen LogP contribution in [0.1, 0.15) is 39.5 Å². The van der Waals surface area contributed by atoms with Crippen molar-refractivity contribution in [1.82, 2.24) is 10.2 Å². The van der Waals surface area contributed by atoms with Gasteiger partial charge in [0.2, 0.25) is 5.91 Å². The van der Waals surface area contributed by atoms with E-state index in [0.29, 0.717) is 18.0 Å². The number of rotatable bonds is 3. The van der Waals surface area contributed by atoms with Crippen LogP contribution in [-0.2, 0) is 4.79 Å². The maximum atomic E-state index is 11.8. The fourth-order valence-electron chi connectivity index (χ4n) is 2.22. The molecular weight excluding hydrogens is 188 g/mol. The third kappa shape index (κ3) is 2.94. The lowest BCUT2D eigenvalue weighted by Crippen LogP contribution is -2.43.